The van der Waals surface area contributed by atoms with Crippen LogP contribution in [0, 0.1) is 0 Å². The van der Waals surface area contributed by atoms with Gasteiger partial charge >= 0.3 is 0 Å². The normalized spacial score (nSPS) is 12.9. The predicted molar refractivity (Wildman–Crippen MR) is 97.8 cm³/mol. The van der Waals surface area contributed by atoms with E-state index in [0.29, 0.717) is 18.1 Å². The maximum absolute atomic E-state index is 12.9. The highest BCUT2D eigenvalue weighted by atomic mass is 35.5. The highest BCUT2D eigenvalue weighted by Crippen LogP contribution is 2.22. The van der Waals surface area contributed by atoms with Crippen LogP contribution < -0.4 is 5.73 Å². The minimum Gasteiger partial charge on any atom is -0.337 e. The summed E-state index contributed by atoms with van der Waals surface area (Å²) in [4.78, 5) is 14.6. The van der Waals surface area contributed by atoms with Gasteiger partial charge in [0.05, 0.1) is 0 Å². The van der Waals surface area contributed by atoms with Crippen molar-refractivity contribution in [1.29, 1.82) is 0 Å². The number of nitrogens with zero attached hydrogens (tertiary/aromatic N) is 1. The van der Waals surface area contributed by atoms with E-state index >= 15 is 0 Å². The van der Waals surface area contributed by atoms with Gasteiger partial charge in [-0.05, 0) is 37.1 Å². The van der Waals surface area contributed by atoms with Gasteiger partial charge in [-0.1, -0.05) is 54.1 Å². The second-order valence-corrected chi connectivity index (χ2v) is 5.95. The molecule has 0 fully saturated rings. The second kappa shape index (κ2) is 8.34. The van der Waals surface area contributed by atoms with Crippen molar-refractivity contribution in [3.05, 3.63) is 70.7 Å². The Hall–Kier alpha value is -1.55. The zero-order valence-corrected chi connectivity index (χ0v) is 14.9. The number of amides is 1. The Morgan fingerprint density at radius 3 is 2.39 bits per heavy atom. The van der Waals surface area contributed by atoms with Crippen LogP contribution >= 0.6 is 24.0 Å². The first-order valence-electron chi connectivity index (χ1n) is 7.33. The first kappa shape index (κ1) is 19.5. The minimum atomic E-state index is -1.05. The van der Waals surface area contributed by atoms with Gasteiger partial charge in [0.1, 0.15) is 5.54 Å². The zero-order valence-electron chi connectivity index (χ0n) is 13.3. The van der Waals surface area contributed by atoms with Gasteiger partial charge in [-0.2, -0.15) is 0 Å². The molecule has 0 aliphatic heterocycles. The van der Waals surface area contributed by atoms with Crippen LogP contribution in [0.15, 0.2) is 54.6 Å². The first-order chi connectivity index (χ1) is 10.4. The van der Waals surface area contributed by atoms with Crippen molar-refractivity contribution in [2.45, 2.75) is 25.9 Å². The van der Waals surface area contributed by atoms with Crippen LogP contribution in [0.3, 0.4) is 0 Å². The lowest BCUT2D eigenvalue weighted by atomic mass is 9.91. The largest absolute Gasteiger partial charge is 0.337 e. The SMILES string of the molecule is CCN(Cc1cccc(Cl)c1)C(=O)C(C)(N)c1ccccc1.Cl. The molecule has 2 aromatic carbocycles. The van der Waals surface area contributed by atoms with E-state index in [9.17, 15) is 4.79 Å². The van der Waals surface area contributed by atoms with Gasteiger partial charge in [0.2, 0.25) is 5.91 Å². The topological polar surface area (TPSA) is 46.3 Å². The number of hydrogen-bond donors (Lipinski definition) is 1. The molecular formula is C18H22Cl2N2O. The summed E-state index contributed by atoms with van der Waals surface area (Å²) in [6.45, 7) is 4.79. The van der Waals surface area contributed by atoms with Crippen LogP contribution in [0.1, 0.15) is 25.0 Å². The molecule has 23 heavy (non-hydrogen) atoms. The second-order valence-electron chi connectivity index (χ2n) is 5.52. The lowest BCUT2D eigenvalue weighted by Crippen LogP contribution is -2.50. The third-order valence-corrected chi connectivity index (χ3v) is 3.98. The summed E-state index contributed by atoms with van der Waals surface area (Å²) in [5.41, 5.74) is 7.08. The van der Waals surface area contributed by atoms with E-state index < -0.39 is 5.54 Å². The maximum atomic E-state index is 12.9. The zero-order chi connectivity index (χ0) is 16.2. The molecule has 0 aromatic heterocycles. The van der Waals surface area contributed by atoms with Crippen molar-refractivity contribution >= 4 is 29.9 Å². The van der Waals surface area contributed by atoms with Crippen LogP contribution in [-0.2, 0) is 16.9 Å². The summed E-state index contributed by atoms with van der Waals surface area (Å²) in [7, 11) is 0. The van der Waals surface area contributed by atoms with E-state index in [4.69, 9.17) is 17.3 Å². The smallest absolute Gasteiger partial charge is 0.247 e. The summed E-state index contributed by atoms with van der Waals surface area (Å²) in [5, 5.41) is 0.666. The number of benzene rings is 2. The Kier molecular flexibility index (Phi) is 7.07. The Morgan fingerprint density at radius 1 is 1.17 bits per heavy atom. The number of hydrogen-bond acceptors (Lipinski definition) is 2. The Bertz CT molecular complexity index is 644. The highest BCUT2D eigenvalue weighted by molar-refractivity contribution is 6.30. The fourth-order valence-electron chi connectivity index (χ4n) is 2.42. The number of rotatable bonds is 5. The van der Waals surface area contributed by atoms with Crippen molar-refractivity contribution in [3.63, 3.8) is 0 Å². The summed E-state index contributed by atoms with van der Waals surface area (Å²) in [6.07, 6.45) is 0. The molecule has 0 saturated carbocycles. The fourth-order valence-corrected chi connectivity index (χ4v) is 2.63. The van der Waals surface area contributed by atoms with Crippen LogP contribution in [0.4, 0.5) is 0 Å². The molecule has 5 heteroatoms. The van der Waals surface area contributed by atoms with E-state index in [1.54, 1.807) is 11.8 Å². The number of carbonyl (C=O) groups excluding carboxylic acids is 1. The number of halogens is 2. The third kappa shape index (κ3) is 4.71. The molecule has 3 nitrogen and oxygen atoms in total. The molecule has 1 amide bonds. The van der Waals surface area contributed by atoms with E-state index in [1.165, 1.54) is 0 Å². The Labute approximate surface area is 148 Å². The fraction of sp³-hybridized carbons (Fsp3) is 0.278. The van der Waals surface area contributed by atoms with Gasteiger partial charge in [0, 0.05) is 18.1 Å². The first-order valence-corrected chi connectivity index (χ1v) is 7.71. The van der Waals surface area contributed by atoms with Crippen LogP contribution in [0.5, 0.6) is 0 Å². The molecule has 0 heterocycles. The molecule has 2 N–H and O–H groups in total. The molecule has 1 atom stereocenters. The average molecular weight is 353 g/mol. The summed E-state index contributed by atoms with van der Waals surface area (Å²) in [6, 6.07) is 17.0. The number of carbonyl (C=O) groups is 1. The van der Waals surface area contributed by atoms with Crippen LogP contribution in [0.2, 0.25) is 5.02 Å². The van der Waals surface area contributed by atoms with Crippen molar-refractivity contribution in [2.75, 3.05) is 6.54 Å². The van der Waals surface area contributed by atoms with Crippen LogP contribution in [-0.4, -0.2) is 17.4 Å². The predicted octanol–water partition coefficient (Wildman–Crippen LogP) is 3.98. The lowest BCUT2D eigenvalue weighted by Gasteiger charge is -2.31. The van der Waals surface area contributed by atoms with Gasteiger partial charge in [0.15, 0.2) is 0 Å². The van der Waals surface area contributed by atoms with Gasteiger partial charge in [-0.15, -0.1) is 12.4 Å². The highest BCUT2D eigenvalue weighted by Gasteiger charge is 2.33. The molecule has 2 aromatic rings. The molecule has 0 aliphatic rings. The number of likely N-dealkylation sites (N-methyl/N-ethyl adjacent to an activating group) is 1. The quantitative estimate of drug-likeness (QED) is 0.884. The molecule has 0 bridgehead atoms. The molecular weight excluding hydrogens is 331 g/mol. The maximum Gasteiger partial charge on any atom is 0.247 e. The summed E-state index contributed by atoms with van der Waals surface area (Å²) >= 11 is 6.01. The molecule has 0 saturated heterocycles. The van der Waals surface area contributed by atoms with Crippen molar-refractivity contribution < 1.29 is 4.79 Å². The third-order valence-electron chi connectivity index (χ3n) is 3.75. The molecule has 0 radical (unpaired) electrons. The molecule has 2 rings (SSSR count). The average Bonchev–Trinajstić information content (AvgIpc) is 2.53. The lowest BCUT2D eigenvalue weighted by molar-refractivity contribution is -0.137. The Balaban J connectivity index is 0.00000264. The monoisotopic (exact) mass is 352 g/mol. The van der Waals surface area contributed by atoms with Crippen LogP contribution in [0.25, 0.3) is 0 Å². The molecule has 124 valence electrons. The number of nitrogens with two attached hydrogens (primary N) is 1. The minimum absolute atomic E-state index is 0. The van der Waals surface area contributed by atoms with Gasteiger partial charge < -0.3 is 10.6 Å². The van der Waals surface area contributed by atoms with E-state index in [2.05, 4.69) is 0 Å². The molecule has 0 spiro atoms. The van der Waals surface area contributed by atoms with E-state index in [0.717, 1.165) is 11.1 Å². The molecule has 0 aliphatic carbocycles. The van der Waals surface area contributed by atoms with Crippen molar-refractivity contribution in [2.24, 2.45) is 5.73 Å². The van der Waals surface area contributed by atoms with Gasteiger partial charge in [0.25, 0.3) is 0 Å². The standard InChI is InChI=1S/C18H21ClN2O.ClH/c1-3-21(13-14-8-7-11-16(19)12-14)17(22)18(2,20)15-9-5-4-6-10-15;/h4-12H,3,13,20H2,1-2H3;1H. The molecule has 1 unspecified atom stereocenters. The van der Waals surface area contributed by atoms with Crippen molar-refractivity contribution in [1.82, 2.24) is 4.90 Å². The van der Waals surface area contributed by atoms with Gasteiger partial charge in [-0.3, -0.25) is 4.79 Å². The van der Waals surface area contributed by atoms with E-state index in [1.807, 2.05) is 61.5 Å². The Morgan fingerprint density at radius 2 is 1.83 bits per heavy atom. The van der Waals surface area contributed by atoms with Crippen molar-refractivity contribution in [3.8, 4) is 0 Å². The summed E-state index contributed by atoms with van der Waals surface area (Å²) in [5.74, 6) is -0.0961. The van der Waals surface area contributed by atoms with E-state index in [-0.39, 0.29) is 18.3 Å². The summed E-state index contributed by atoms with van der Waals surface area (Å²) < 4.78 is 0. The van der Waals surface area contributed by atoms with Gasteiger partial charge in [-0.25, -0.2) is 0 Å².